The summed E-state index contributed by atoms with van der Waals surface area (Å²) in [5.74, 6) is 0.747. The number of nitriles is 1. The number of aromatic nitrogens is 4. The Kier molecular flexibility index (Phi) is 4.88. The van der Waals surface area contributed by atoms with Gasteiger partial charge in [-0.1, -0.05) is 0 Å². The molecule has 3 aromatic heterocycles. The first kappa shape index (κ1) is 16.9. The fraction of sp³-hybridized carbons (Fsp3) is 0.250. The molecule has 0 spiro atoms. The van der Waals surface area contributed by atoms with E-state index < -0.39 is 0 Å². The van der Waals surface area contributed by atoms with Crippen LogP contribution >= 0.6 is 0 Å². The summed E-state index contributed by atoms with van der Waals surface area (Å²) < 4.78 is 5.94. The highest BCUT2D eigenvalue weighted by molar-refractivity contribution is 5.60. The van der Waals surface area contributed by atoms with Crippen LogP contribution in [0.5, 0.6) is 6.01 Å². The van der Waals surface area contributed by atoms with E-state index in [4.69, 9.17) is 4.74 Å². The van der Waals surface area contributed by atoms with Gasteiger partial charge in [-0.15, -0.1) is 0 Å². The molecule has 1 saturated heterocycles. The third kappa shape index (κ3) is 3.85. The maximum absolute atomic E-state index is 9.24. The summed E-state index contributed by atoms with van der Waals surface area (Å²) in [5, 5.41) is 9.24. The van der Waals surface area contributed by atoms with Gasteiger partial charge in [-0.05, 0) is 29.8 Å². The van der Waals surface area contributed by atoms with Gasteiger partial charge in [0.1, 0.15) is 18.0 Å². The molecular formula is C20H18N6O. The maximum Gasteiger partial charge on any atom is 0.316 e. The van der Waals surface area contributed by atoms with Crippen LogP contribution in [0.3, 0.4) is 0 Å². The third-order valence-electron chi connectivity index (χ3n) is 4.56. The van der Waals surface area contributed by atoms with E-state index in [1.54, 1.807) is 43.1 Å². The molecule has 1 aliphatic rings. The lowest BCUT2D eigenvalue weighted by Crippen LogP contribution is -2.39. The van der Waals surface area contributed by atoms with Gasteiger partial charge in [-0.25, -0.2) is 15.0 Å². The molecule has 0 radical (unpaired) electrons. The van der Waals surface area contributed by atoms with Gasteiger partial charge in [0.15, 0.2) is 0 Å². The van der Waals surface area contributed by atoms with Gasteiger partial charge in [-0.2, -0.15) is 5.26 Å². The molecule has 3 aromatic rings. The third-order valence-corrected chi connectivity index (χ3v) is 4.56. The second-order valence-corrected chi connectivity index (χ2v) is 6.28. The van der Waals surface area contributed by atoms with Crippen molar-refractivity contribution in [1.82, 2.24) is 19.9 Å². The number of piperidine rings is 1. The molecule has 7 nitrogen and oxygen atoms in total. The molecule has 4 heterocycles. The lowest BCUT2D eigenvalue weighted by Gasteiger charge is -2.32. The Bertz CT molecular complexity index is 931. The van der Waals surface area contributed by atoms with Crippen LogP contribution < -0.4 is 9.64 Å². The standard InChI is InChI=1S/C20H18N6O/c21-12-16-2-1-7-23-19(16)26-10-5-18(6-11-26)27-20-24-13-17(14-25-20)15-3-8-22-9-4-15/h1-4,7-9,13-14,18H,5-6,10-11H2. The van der Waals surface area contributed by atoms with Gasteiger partial charge in [0.25, 0.3) is 0 Å². The molecule has 7 heteroatoms. The number of anilines is 1. The minimum Gasteiger partial charge on any atom is -0.460 e. The van der Waals surface area contributed by atoms with E-state index in [0.29, 0.717) is 11.6 Å². The Balaban J connectivity index is 1.36. The average Bonchev–Trinajstić information content (AvgIpc) is 2.75. The van der Waals surface area contributed by atoms with Gasteiger partial charge >= 0.3 is 6.01 Å². The molecule has 0 aromatic carbocycles. The molecule has 0 atom stereocenters. The van der Waals surface area contributed by atoms with Crippen LogP contribution in [0.15, 0.2) is 55.2 Å². The van der Waals surface area contributed by atoms with Gasteiger partial charge in [0.2, 0.25) is 0 Å². The second kappa shape index (κ2) is 7.79. The minimum atomic E-state index is 0.0577. The lowest BCUT2D eigenvalue weighted by atomic mass is 10.1. The summed E-state index contributed by atoms with van der Waals surface area (Å²) in [6, 6.07) is 10.0. The van der Waals surface area contributed by atoms with Gasteiger partial charge in [-0.3, -0.25) is 4.98 Å². The molecular weight excluding hydrogens is 340 g/mol. The Hall–Kier alpha value is -3.53. The van der Waals surface area contributed by atoms with Crippen molar-refractivity contribution in [2.45, 2.75) is 18.9 Å². The van der Waals surface area contributed by atoms with E-state index in [1.165, 1.54) is 0 Å². The number of nitrogens with zero attached hydrogens (tertiary/aromatic N) is 6. The molecule has 0 saturated carbocycles. The number of ether oxygens (including phenoxy) is 1. The predicted molar refractivity (Wildman–Crippen MR) is 100 cm³/mol. The fourth-order valence-electron chi connectivity index (χ4n) is 3.14. The zero-order chi connectivity index (χ0) is 18.5. The first-order valence-corrected chi connectivity index (χ1v) is 8.82. The molecule has 27 heavy (non-hydrogen) atoms. The van der Waals surface area contributed by atoms with E-state index in [0.717, 1.165) is 42.9 Å². The second-order valence-electron chi connectivity index (χ2n) is 6.28. The Morgan fingerprint density at radius 3 is 2.41 bits per heavy atom. The van der Waals surface area contributed by atoms with Gasteiger partial charge in [0, 0.05) is 62.5 Å². The first-order chi connectivity index (χ1) is 13.3. The van der Waals surface area contributed by atoms with Crippen LogP contribution in [0.1, 0.15) is 18.4 Å². The lowest BCUT2D eigenvalue weighted by molar-refractivity contribution is 0.156. The van der Waals surface area contributed by atoms with Crippen molar-refractivity contribution in [3.63, 3.8) is 0 Å². The summed E-state index contributed by atoms with van der Waals surface area (Å²) in [4.78, 5) is 19.2. The largest absolute Gasteiger partial charge is 0.460 e. The summed E-state index contributed by atoms with van der Waals surface area (Å²) in [7, 11) is 0. The summed E-state index contributed by atoms with van der Waals surface area (Å²) in [6.45, 7) is 1.57. The van der Waals surface area contributed by atoms with Crippen molar-refractivity contribution in [3.05, 3.63) is 60.8 Å². The average molecular weight is 358 g/mol. The molecule has 0 N–H and O–H groups in total. The normalized spacial score (nSPS) is 14.6. The molecule has 4 rings (SSSR count). The molecule has 0 aliphatic carbocycles. The van der Waals surface area contributed by atoms with Crippen molar-refractivity contribution in [2.24, 2.45) is 0 Å². The molecule has 0 amide bonds. The molecule has 1 fully saturated rings. The van der Waals surface area contributed by atoms with Crippen LogP contribution in [-0.4, -0.2) is 39.1 Å². The Morgan fingerprint density at radius 1 is 0.963 bits per heavy atom. The Labute approximate surface area is 157 Å². The summed E-state index contributed by atoms with van der Waals surface area (Å²) in [6.07, 6.45) is 10.5. The quantitative estimate of drug-likeness (QED) is 0.708. The van der Waals surface area contributed by atoms with Crippen LogP contribution in [0, 0.1) is 11.3 Å². The smallest absolute Gasteiger partial charge is 0.316 e. The zero-order valence-electron chi connectivity index (χ0n) is 14.7. The molecule has 1 aliphatic heterocycles. The highest BCUT2D eigenvalue weighted by Crippen LogP contribution is 2.23. The number of hydrogen-bond donors (Lipinski definition) is 0. The van der Waals surface area contributed by atoms with E-state index >= 15 is 0 Å². The molecule has 0 unspecified atom stereocenters. The van der Waals surface area contributed by atoms with Crippen molar-refractivity contribution in [3.8, 4) is 23.2 Å². The number of hydrogen-bond acceptors (Lipinski definition) is 7. The predicted octanol–water partition coefficient (Wildman–Crippen LogP) is 2.85. The van der Waals surface area contributed by atoms with Crippen LogP contribution in [0.2, 0.25) is 0 Å². The molecule has 0 bridgehead atoms. The van der Waals surface area contributed by atoms with Crippen LogP contribution in [0.4, 0.5) is 5.82 Å². The Morgan fingerprint density at radius 2 is 1.70 bits per heavy atom. The number of pyridine rings is 2. The van der Waals surface area contributed by atoms with Crippen molar-refractivity contribution in [2.75, 3.05) is 18.0 Å². The van der Waals surface area contributed by atoms with Crippen molar-refractivity contribution < 1.29 is 4.74 Å². The molecule has 134 valence electrons. The van der Waals surface area contributed by atoms with Crippen LogP contribution in [0.25, 0.3) is 11.1 Å². The highest BCUT2D eigenvalue weighted by Gasteiger charge is 2.23. The van der Waals surface area contributed by atoms with E-state index in [2.05, 4.69) is 30.9 Å². The first-order valence-electron chi connectivity index (χ1n) is 8.82. The van der Waals surface area contributed by atoms with Crippen molar-refractivity contribution >= 4 is 5.82 Å². The van der Waals surface area contributed by atoms with Gasteiger partial charge in [0.05, 0.1) is 5.56 Å². The van der Waals surface area contributed by atoms with Gasteiger partial charge < -0.3 is 9.64 Å². The fourth-order valence-corrected chi connectivity index (χ4v) is 3.14. The maximum atomic E-state index is 9.24. The number of rotatable bonds is 4. The topological polar surface area (TPSA) is 87.8 Å². The SMILES string of the molecule is N#Cc1cccnc1N1CCC(Oc2ncc(-c3ccncc3)cn2)CC1. The van der Waals surface area contributed by atoms with Crippen molar-refractivity contribution in [1.29, 1.82) is 5.26 Å². The van der Waals surface area contributed by atoms with E-state index in [-0.39, 0.29) is 6.10 Å². The van der Waals surface area contributed by atoms with E-state index in [9.17, 15) is 5.26 Å². The minimum absolute atomic E-state index is 0.0577. The van der Waals surface area contributed by atoms with E-state index in [1.807, 2.05) is 12.1 Å². The van der Waals surface area contributed by atoms with Crippen LogP contribution in [-0.2, 0) is 0 Å². The summed E-state index contributed by atoms with van der Waals surface area (Å²) >= 11 is 0. The summed E-state index contributed by atoms with van der Waals surface area (Å²) in [5.41, 5.74) is 2.55. The zero-order valence-corrected chi connectivity index (χ0v) is 14.7. The highest BCUT2D eigenvalue weighted by atomic mass is 16.5. The monoisotopic (exact) mass is 358 g/mol.